The standard InChI is InChI=1S/C31H35N3O3S.C27H29NO4S.C4H10N2O.C4H8O/c1-22(2)27-33-28(37-34-27)26(32-29(35)36-30(3,4)5)21-38-31(23-15-9-6-10-16-23,24-17-11-7-12-18-24)25-19-13-8-14-20-25;1-26(2,3)32-25(31)28-23(24(29)30)19-33-27(20-13-7-4-8-14-20,21-15-9-5-10-16-21)22-17-11-6-12-18-22;1-3(2)4(5)6-7;1-2-4-5-3-1/h6-20,22,26H,21H2,1-5H3,(H,32,35);4-18,23H,19H2,1-3H3,(H,28,31)(H,29,30);3,7H,1-2H3,(H2,5,6);1-4H2/t26-;23-;;/m00../s1. The lowest BCUT2D eigenvalue weighted by Crippen LogP contribution is -2.45. The molecule has 17 heteroatoms. The molecule has 1 aliphatic rings. The Balaban J connectivity index is 0.000000254. The van der Waals surface area contributed by atoms with E-state index < -0.39 is 50.9 Å². The van der Waals surface area contributed by atoms with E-state index in [4.69, 9.17) is 29.7 Å². The maximum Gasteiger partial charge on any atom is 0.408 e. The minimum Gasteiger partial charge on any atom is -0.480 e. The van der Waals surface area contributed by atoms with Crippen LogP contribution in [0.3, 0.4) is 0 Å². The van der Waals surface area contributed by atoms with Crippen molar-refractivity contribution in [2.45, 2.75) is 121 Å². The molecule has 0 saturated carbocycles. The number of nitrogens with one attached hydrogen (secondary N) is 2. The van der Waals surface area contributed by atoms with E-state index in [2.05, 4.69) is 98.7 Å². The smallest absolute Gasteiger partial charge is 0.408 e. The molecule has 15 nitrogen and oxygen atoms in total. The number of hydrogen-bond donors (Lipinski definition) is 5. The van der Waals surface area contributed by atoms with Crippen LogP contribution in [0.1, 0.15) is 139 Å². The summed E-state index contributed by atoms with van der Waals surface area (Å²) in [5.41, 5.74) is 10.2. The molecule has 83 heavy (non-hydrogen) atoms. The molecule has 0 bridgehead atoms. The number of ether oxygens (including phenoxy) is 3. The van der Waals surface area contributed by atoms with Gasteiger partial charge in [-0.2, -0.15) is 4.98 Å². The number of aromatic nitrogens is 2. The third-order valence-corrected chi connectivity index (χ3v) is 15.8. The van der Waals surface area contributed by atoms with Gasteiger partial charge in [-0.1, -0.05) is 220 Å². The first-order valence-corrected chi connectivity index (χ1v) is 29.8. The predicted molar refractivity (Wildman–Crippen MR) is 333 cm³/mol. The third kappa shape index (κ3) is 20.4. The van der Waals surface area contributed by atoms with Crippen LogP contribution in [-0.4, -0.2) is 86.4 Å². The minimum atomic E-state index is -1.12. The van der Waals surface area contributed by atoms with E-state index in [1.807, 2.05) is 158 Å². The van der Waals surface area contributed by atoms with Crippen molar-refractivity contribution in [1.82, 2.24) is 20.8 Å². The van der Waals surface area contributed by atoms with E-state index in [0.29, 0.717) is 17.5 Å². The molecule has 0 spiro atoms. The van der Waals surface area contributed by atoms with Crippen molar-refractivity contribution < 1.29 is 43.4 Å². The normalized spacial score (nSPS) is 13.4. The van der Waals surface area contributed by atoms with Gasteiger partial charge in [0.2, 0.25) is 5.89 Å². The van der Waals surface area contributed by atoms with Crippen LogP contribution >= 0.6 is 23.5 Å². The Morgan fingerprint density at radius 1 is 0.578 bits per heavy atom. The summed E-state index contributed by atoms with van der Waals surface area (Å²) in [6.07, 6.45) is 1.28. The fraction of sp³-hybridized carbons (Fsp3) is 0.364. The molecule has 442 valence electrons. The number of carboxylic acids is 1. The lowest BCUT2D eigenvalue weighted by molar-refractivity contribution is -0.138. The lowest BCUT2D eigenvalue weighted by atomic mass is 9.84. The third-order valence-electron chi connectivity index (χ3n) is 12.5. The molecule has 1 saturated heterocycles. The van der Waals surface area contributed by atoms with Gasteiger partial charge in [-0.05, 0) is 87.8 Å². The number of aliphatic carboxylic acids is 1. The summed E-state index contributed by atoms with van der Waals surface area (Å²) in [6.45, 7) is 20.5. The fourth-order valence-electron chi connectivity index (χ4n) is 8.45. The van der Waals surface area contributed by atoms with Crippen molar-refractivity contribution in [3.63, 3.8) is 0 Å². The van der Waals surface area contributed by atoms with E-state index in [0.717, 1.165) is 46.6 Å². The summed E-state index contributed by atoms with van der Waals surface area (Å²) in [4.78, 5) is 41.8. The topological polar surface area (TPSA) is 221 Å². The van der Waals surface area contributed by atoms with E-state index in [-0.39, 0.29) is 23.4 Å². The molecule has 2 atom stereocenters. The Kier molecular flexibility index (Phi) is 25.8. The predicted octanol–water partition coefficient (Wildman–Crippen LogP) is 14.4. The SMILES string of the molecule is C1CCOC1.CC(C)(C)OC(=O)N[C@@H](CSC(c1ccccc1)(c1ccccc1)c1ccccc1)C(=O)O.CC(C)/C(N)=N/O.CC(C)c1noc([C@H](CSC(c2ccccc2)(c2ccccc2)c2ccccc2)NC(=O)OC(C)(C)C)n1. The molecule has 0 radical (unpaired) electrons. The largest absolute Gasteiger partial charge is 0.480 e. The molecule has 1 aliphatic heterocycles. The number of amidine groups is 1. The minimum absolute atomic E-state index is 0.0966. The van der Waals surface area contributed by atoms with Crippen LogP contribution in [0, 0.1) is 5.92 Å². The van der Waals surface area contributed by atoms with Crippen molar-refractivity contribution in [3.8, 4) is 0 Å². The highest BCUT2D eigenvalue weighted by Crippen LogP contribution is 2.50. The van der Waals surface area contributed by atoms with E-state index in [9.17, 15) is 19.5 Å². The Hall–Kier alpha value is -7.60. The summed E-state index contributed by atoms with van der Waals surface area (Å²) < 4.78 is 20.2. The van der Waals surface area contributed by atoms with Gasteiger partial charge < -0.3 is 45.4 Å². The Labute approximate surface area is 498 Å². The molecular formula is C66H82N6O9S2. The Bertz CT molecular complexity index is 2830. The van der Waals surface area contributed by atoms with Crippen LogP contribution in [0.15, 0.2) is 192 Å². The summed E-state index contributed by atoms with van der Waals surface area (Å²) >= 11 is 3.18. The second kappa shape index (κ2) is 32.3. The van der Waals surface area contributed by atoms with Gasteiger partial charge in [0.15, 0.2) is 5.82 Å². The van der Waals surface area contributed by atoms with E-state index >= 15 is 0 Å². The molecule has 0 unspecified atom stereocenters. The quantitative estimate of drug-likeness (QED) is 0.0177. The van der Waals surface area contributed by atoms with Crippen LogP contribution in [-0.2, 0) is 28.5 Å². The number of carboxylic acid groups (broad SMARTS) is 1. The highest BCUT2D eigenvalue weighted by molar-refractivity contribution is 8.01. The van der Waals surface area contributed by atoms with Gasteiger partial charge in [-0.25, -0.2) is 14.4 Å². The second-order valence-electron chi connectivity index (χ2n) is 22.1. The highest BCUT2D eigenvalue weighted by atomic mass is 32.2. The summed E-state index contributed by atoms with van der Waals surface area (Å²) in [7, 11) is 0. The number of nitrogens with two attached hydrogens (primary N) is 1. The molecule has 2 amide bonds. The molecule has 6 aromatic carbocycles. The van der Waals surface area contributed by atoms with E-state index in [1.54, 1.807) is 32.5 Å². The number of benzene rings is 6. The number of oxime groups is 1. The number of amides is 2. The molecule has 2 heterocycles. The Morgan fingerprint density at radius 3 is 1.17 bits per heavy atom. The van der Waals surface area contributed by atoms with Crippen LogP contribution in [0.5, 0.6) is 0 Å². The second-order valence-corrected chi connectivity index (χ2v) is 24.5. The molecule has 0 aliphatic carbocycles. The first-order chi connectivity index (χ1) is 39.6. The first kappa shape index (κ1) is 66.2. The van der Waals surface area contributed by atoms with Crippen molar-refractivity contribution in [2.24, 2.45) is 16.8 Å². The van der Waals surface area contributed by atoms with Crippen LogP contribution < -0.4 is 16.4 Å². The van der Waals surface area contributed by atoms with Gasteiger partial charge in [-0.15, -0.1) is 23.5 Å². The molecule has 8 rings (SSSR count). The number of nitrogens with zero attached hydrogens (tertiary/aromatic N) is 3. The lowest BCUT2D eigenvalue weighted by Gasteiger charge is -2.36. The average molecular weight is 1170 g/mol. The van der Waals surface area contributed by atoms with Gasteiger partial charge in [0, 0.05) is 36.6 Å². The maximum absolute atomic E-state index is 12.9. The summed E-state index contributed by atoms with van der Waals surface area (Å²) in [5.74, 6) is 0.947. The summed E-state index contributed by atoms with van der Waals surface area (Å²) in [6, 6.07) is 59.6. The number of carbonyl (C=O) groups is 3. The summed E-state index contributed by atoms with van der Waals surface area (Å²) in [5, 5.41) is 30.3. The number of rotatable bonds is 18. The maximum atomic E-state index is 12.9. The number of carbonyl (C=O) groups excluding carboxylic acids is 2. The average Bonchev–Trinajstić information content (AvgIpc) is 4.30. The number of hydrogen-bond acceptors (Lipinski definition) is 13. The number of alkyl carbamates (subject to hydrolysis) is 2. The number of thioether (sulfide) groups is 2. The van der Waals surface area contributed by atoms with Crippen LogP contribution in [0.25, 0.3) is 0 Å². The highest BCUT2D eigenvalue weighted by Gasteiger charge is 2.41. The molecule has 1 fully saturated rings. The van der Waals surface area contributed by atoms with Gasteiger partial charge >= 0.3 is 18.2 Å². The van der Waals surface area contributed by atoms with Crippen molar-refractivity contribution in [2.75, 3.05) is 24.7 Å². The van der Waals surface area contributed by atoms with Crippen molar-refractivity contribution >= 4 is 47.5 Å². The zero-order valence-corrected chi connectivity index (χ0v) is 51.0. The van der Waals surface area contributed by atoms with Crippen LogP contribution in [0.2, 0.25) is 0 Å². The zero-order valence-electron chi connectivity index (χ0n) is 49.4. The zero-order chi connectivity index (χ0) is 60.5. The van der Waals surface area contributed by atoms with Gasteiger partial charge in [0.05, 0.1) is 9.49 Å². The van der Waals surface area contributed by atoms with E-state index in [1.165, 1.54) is 24.6 Å². The molecule has 6 N–H and O–H groups in total. The molecule has 7 aromatic rings. The Morgan fingerprint density at radius 2 is 0.916 bits per heavy atom. The van der Waals surface area contributed by atoms with Gasteiger partial charge in [0.25, 0.3) is 0 Å². The monoisotopic (exact) mass is 1170 g/mol. The fourth-order valence-corrected chi connectivity index (χ4v) is 11.6. The van der Waals surface area contributed by atoms with Crippen LogP contribution in [0.4, 0.5) is 9.59 Å². The van der Waals surface area contributed by atoms with Crippen molar-refractivity contribution in [3.05, 3.63) is 227 Å². The van der Waals surface area contributed by atoms with Gasteiger partial charge in [0.1, 0.15) is 29.1 Å². The van der Waals surface area contributed by atoms with Gasteiger partial charge in [-0.3, -0.25) is 0 Å². The van der Waals surface area contributed by atoms with Crippen molar-refractivity contribution in [1.29, 1.82) is 0 Å². The molecule has 1 aromatic heterocycles. The first-order valence-electron chi connectivity index (χ1n) is 27.8. The molecular weight excluding hydrogens is 1080 g/mol.